The molecule has 98 valence electrons. The maximum atomic E-state index is 11.9. The third kappa shape index (κ3) is 3.66. The maximum absolute atomic E-state index is 11.9. The summed E-state index contributed by atoms with van der Waals surface area (Å²) in [6.07, 6.45) is 1.21. The van der Waals surface area contributed by atoms with Crippen LogP contribution in [0.2, 0.25) is 0 Å². The van der Waals surface area contributed by atoms with Gasteiger partial charge in [0.1, 0.15) is 0 Å². The van der Waals surface area contributed by atoms with E-state index < -0.39 is 0 Å². The van der Waals surface area contributed by atoms with Crippen molar-refractivity contribution >= 4 is 5.91 Å². The first-order chi connectivity index (χ1) is 8.29. The highest BCUT2D eigenvalue weighted by Crippen LogP contribution is 2.14. The molecule has 0 aromatic rings. The normalized spacial score (nSPS) is 30.4. The number of carbonyl (C=O) groups is 1. The lowest BCUT2D eigenvalue weighted by Gasteiger charge is -2.24. The lowest BCUT2D eigenvalue weighted by Crippen LogP contribution is -2.56. The van der Waals surface area contributed by atoms with Gasteiger partial charge in [0, 0.05) is 32.7 Å². The van der Waals surface area contributed by atoms with E-state index in [0.29, 0.717) is 5.92 Å². The lowest BCUT2D eigenvalue weighted by molar-refractivity contribution is -0.123. The highest BCUT2D eigenvalue weighted by molar-refractivity contribution is 5.82. The van der Waals surface area contributed by atoms with Crippen molar-refractivity contribution in [3.05, 3.63) is 0 Å². The minimum Gasteiger partial charge on any atom is -0.354 e. The van der Waals surface area contributed by atoms with Crippen molar-refractivity contribution in [2.24, 2.45) is 5.92 Å². The van der Waals surface area contributed by atoms with Crippen LogP contribution < -0.4 is 16.0 Å². The number of carbonyl (C=O) groups excluding carboxylic acids is 1. The van der Waals surface area contributed by atoms with Gasteiger partial charge in [-0.3, -0.25) is 4.79 Å². The van der Waals surface area contributed by atoms with Crippen LogP contribution in [0.4, 0.5) is 0 Å². The van der Waals surface area contributed by atoms with E-state index in [1.165, 1.54) is 13.0 Å². The molecule has 0 aliphatic carbocycles. The summed E-state index contributed by atoms with van der Waals surface area (Å²) in [5, 5.41) is 9.53. The van der Waals surface area contributed by atoms with Crippen LogP contribution in [0.15, 0.2) is 0 Å². The van der Waals surface area contributed by atoms with E-state index in [9.17, 15) is 4.79 Å². The highest BCUT2D eigenvalue weighted by atomic mass is 16.2. The van der Waals surface area contributed by atoms with Gasteiger partial charge in [0.2, 0.25) is 5.91 Å². The number of nitrogens with one attached hydrogen (secondary N) is 3. The number of rotatable bonds is 4. The van der Waals surface area contributed by atoms with Gasteiger partial charge >= 0.3 is 0 Å². The molecule has 2 unspecified atom stereocenters. The van der Waals surface area contributed by atoms with Crippen LogP contribution >= 0.6 is 0 Å². The summed E-state index contributed by atoms with van der Waals surface area (Å²) < 4.78 is 0. The van der Waals surface area contributed by atoms with E-state index in [1.54, 1.807) is 0 Å². The van der Waals surface area contributed by atoms with Crippen molar-refractivity contribution < 1.29 is 4.79 Å². The van der Waals surface area contributed by atoms with Gasteiger partial charge in [-0.25, -0.2) is 0 Å². The fourth-order valence-electron chi connectivity index (χ4n) is 2.57. The topological polar surface area (TPSA) is 56.4 Å². The number of hydrogen-bond acceptors (Lipinski definition) is 4. The van der Waals surface area contributed by atoms with Gasteiger partial charge in [-0.1, -0.05) is 6.92 Å². The van der Waals surface area contributed by atoms with Crippen LogP contribution in [0, 0.1) is 5.92 Å². The first kappa shape index (κ1) is 12.8. The minimum atomic E-state index is -0.0487. The van der Waals surface area contributed by atoms with Gasteiger partial charge in [-0.2, -0.15) is 0 Å². The largest absolute Gasteiger partial charge is 0.354 e. The van der Waals surface area contributed by atoms with Crippen molar-refractivity contribution in [3.8, 4) is 0 Å². The molecule has 2 atom stereocenters. The lowest BCUT2D eigenvalue weighted by atomic mass is 10.1. The van der Waals surface area contributed by atoms with E-state index >= 15 is 0 Å². The standard InChI is InChI=1S/C12H24N4O/c1-2-16-6-3-10(9-16)7-15-12(17)11-8-13-4-5-14-11/h10-11,13-14H,2-9H2,1H3,(H,15,17). The predicted molar refractivity (Wildman–Crippen MR) is 67.9 cm³/mol. The summed E-state index contributed by atoms with van der Waals surface area (Å²) in [5.74, 6) is 0.780. The second-order valence-electron chi connectivity index (χ2n) is 5.00. The third-order valence-corrected chi connectivity index (χ3v) is 3.74. The Balaban J connectivity index is 1.65. The molecule has 2 heterocycles. The van der Waals surface area contributed by atoms with Gasteiger partial charge in [0.05, 0.1) is 6.04 Å². The molecule has 5 nitrogen and oxygen atoms in total. The number of piperazine rings is 1. The summed E-state index contributed by atoms with van der Waals surface area (Å²) >= 11 is 0. The Labute approximate surface area is 103 Å². The van der Waals surface area contributed by atoms with E-state index in [2.05, 4.69) is 27.8 Å². The molecule has 2 fully saturated rings. The molecule has 0 aromatic carbocycles. The first-order valence-corrected chi connectivity index (χ1v) is 6.73. The molecule has 2 aliphatic rings. The molecule has 0 radical (unpaired) electrons. The van der Waals surface area contributed by atoms with Crippen LogP contribution in [0.25, 0.3) is 0 Å². The SMILES string of the molecule is CCN1CCC(CNC(=O)C2CNCCN2)C1. The van der Waals surface area contributed by atoms with Gasteiger partial charge in [0.25, 0.3) is 0 Å². The molecular formula is C12H24N4O. The summed E-state index contributed by atoms with van der Waals surface area (Å²) in [5.41, 5.74) is 0. The van der Waals surface area contributed by atoms with Crippen molar-refractivity contribution in [2.75, 3.05) is 45.8 Å². The van der Waals surface area contributed by atoms with E-state index in [-0.39, 0.29) is 11.9 Å². The molecule has 2 aliphatic heterocycles. The average Bonchev–Trinajstić information content (AvgIpc) is 2.85. The Bertz CT molecular complexity index is 253. The summed E-state index contributed by atoms with van der Waals surface area (Å²) in [6.45, 7) is 9.04. The summed E-state index contributed by atoms with van der Waals surface area (Å²) in [7, 11) is 0. The Morgan fingerprint density at radius 3 is 3.00 bits per heavy atom. The zero-order chi connectivity index (χ0) is 12.1. The van der Waals surface area contributed by atoms with E-state index in [4.69, 9.17) is 0 Å². The van der Waals surface area contributed by atoms with Crippen LogP contribution in [0.3, 0.4) is 0 Å². The fourth-order valence-corrected chi connectivity index (χ4v) is 2.57. The van der Waals surface area contributed by atoms with Gasteiger partial charge < -0.3 is 20.9 Å². The molecule has 0 aromatic heterocycles. The Morgan fingerprint density at radius 2 is 2.35 bits per heavy atom. The van der Waals surface area contributed by atoms with E-state index in [1.807, 2.05) is 0 Å². The Kier molecular flexibility index (Phi) is 4.76. The zero-order valence-corrected chi connectivity index (χ0v) is 10.7. The minimum absolute atomic E-state index is 0.0487. The van der Waals surface area contributed by atoms with Crippen LogP contribution in [0.1, 0.15) is 13.3 Å². The monoisotopic (exact) mass is 240 g/mol. The number of likely N-dealkylation sites (tertiary alicyclic amines) is 1. The summed E-state index contributed by atoms with van der Waals surface area (Å²) in [4.78, 5) is 14.3. The van der Waals surface area contributed by atoms with Crippen LogP contribution in [0.5, 0.6) is 0 Å². The Hall–Kier alpha value is -0.650. The van der Waals surface area contributed by atoms with Gasteiger partial charge in [-0.05, 0) is 25.4 Å². The third-order valence-electron chi connectivity index (χ3n) is 3.74. The maximum Gasteiger partial charge on any atom is 0.238 e. The molecule has 2 saturated heterocycles. The smallest absolute Gasteiger partial charge is 0.238 e. The molecule has 0 saturated carbocycles. The van der Waals surface area contributed by atoms with Gasteiger partial charge in [-0.15, -0.1) is 0 Å². The van der Waals surface area contributed by atoms with Crippen LogP contribution in [-0.2, 0) is 4.79 Å². The molecule has 0 spiro atoms. The molecule has 17 heavy (non-hydrogen) atoms. The van der Waals surface area contributed by atoms with Gasteiger partial charge in [0.15, 0.2) is 0 Å². The zero-order valence-electron chi connectivity index (χ0n) is 10.7. The quantitative estimate of drug-likeness (QED) is 0.590. The van der Waals surface area contributed by atoms with Crippen molar-refractivity contribution in [1.29, 1.82) is 0 Å². The molecule has 5 heteroatoms. The summed E-state index contributed by atoms with van der Waals surface area (Å²) in [6, 6.07) is -0.0487. The van der Waals surface area contributed by atoms with E-state index in [0.717, 1.165) is 39.3 Å². The molecule has 0 bridgehead atoms. The molecule has 3 N–H and O–H groups in total. The highest BCUT2D eigenvalue weighted by Gasteiger charge is 2.24. The molecular weight excluding hydrogens is 216 g/mol. The fraction of sp³-hybridized carbons (Fsp3) is 0.917. The Morgan fingerprint density at radius 1 is 1.47 bits per heavy atom. The second-order valence-corrected chi connectivity index (χ2v) is 5.00. The van der Waals surface area contributed by atoms with Crippen molar-refractivity contribution in [2.45, 2.75) is 19.4 Å². The van der Waals surface area contributed by atoms with Crippen LogP contribution in [-0.4, -0.2) is 62.7 Å². The first-order valence-electron chi connectivity index (χ1n) is 6.73. The number of hydrogen-bond donors (Lipinski definition) is 3. The molecule has 2 rings (SSSR count). The second kappa shape index (κ2) is 6.33. The number of nitrogens with zero attached hydrogens (tertiary/aromatic N) is 1. The van der Waals surface area contributed by atoms with Crippen molar-refractivity contribution in [1.82, 2.24) is 20.9 Å². The molecule has 1 amide bonds. The number of amides is 1. The average molecular weight is 240 g/mol. The van der Waals surface area contributed by atoms with Crippen molar-refractivity contribution in [3.63, 3.8) is 0 Å². The predicted octanol–water partition coefficient (Wildman–Crippen LogP) is -0.994.